The third-order valence-electron chi connectivity index (χ3n) is 6.41. The Bertz CT molecular complexity index is 811. The molecule has 0 bridgehead atoms. The van der Waals surface area contributed by atoms with Gasteiger partial charge in [-0.25, -0.2) is 4.98 Å². The van der Waals surface area contributed by atoms with Crippen LogP contribution in [0.1, 0.15) is 32.0 Å². The Kier molecular flexibility index (Phi) is 9.41. The van der Waals surface area contributed by atoms with Gasteiger partial charge in [-0.3, -0.25) is 14.6 Å². The van der Waals surface area contributed by atoms with Gasteiger partial charge >= 0.3 is 0 Å². The molecule has 2 aromatic rings. The molecule has 2 aliphatic heterocycles. The highest BCUT2D eigenvalue weighted by atomic mass is 35.5. The molecule has 4 rings (SSSR count). The summed E-state index contributed by atoms with van der Waals surface area (Å²) in [4.78, 5) is 24.8. The Balaban J connectivity index is 0.00000160. The van der Waals surface area contributed by atoms with E-state index >= 15 is 0 Å². The molecule has 2 fully saturated rings. The lowest BCUT2D eigenvalue weighted by Gasteiger charge is -2.38. The van der Waals surface area contributed by atoms with Crippen molar-refractivity contribution in [2.75, 3.05) is 45.8 Å². The van der Waals surface area contributed by atoms with Gasteiger partial charge in [-0.2, -0.15) is 0 Å². The molecule has 0 saturated carbocycles. The van der Waals surface area contributed by atoms with Gasteiger partial charge < -0.3 is 9.47 Å². The summed E-state index contributed by atoms with van der Waals surface area (Å²) in [6.45, 7) is 10.1. The first-order valence-corrected chi connectivity index (χ1v) is 10.8. The van der Waals surface area contributed by atoms with Gasteiger partial charge in [0.25, 0.3) is 0 Å². The molecule has 1 aromatic heterocycles. The molecule has 8 heteroatoms. The number of likely N-dealkylation sites (tertiary alicyclic amines) is 1. The molecule has 0 N–H and O–H groups in total. The zero-order valence-electron chi connectivity index (χ0n) is 18.1. The summed E-state index contributed by atoms with van der Waals surface area (Å²) in [6.07, 6.45) is 3.13. The predicted octanol–water partition coefficient (Wildman–Crippen LogP) is 3.18. The van der Waals surface area contributed by atoms with E-state index in [4.69, 9.17) is 4.98 Å². The number of benzene rings is 1. The first-order valence-electron chi connectivity index (χ1n) is 10.8. The van der Waals surface area contributed by atoms with Crippen LogP contribution in [-0.2, 0) is 18.4 Å². The lowest BCUT2D eigenvalue weighted by atomic mass is 9.95. The topological polar surface area (TPSA) is 44.6 Å². The number of aromatic nitrogens is 2. The first kappa shape index (κ1) is 24.9. The van der Waals surface area contributed by atoms with Crippen LogP contribution in [-0.4, -0.2) is 76.0 Å². The van der Waals surface area contributed by atoms with E-state index in [0.717, 1.165) is 76.5 Å². The Hall–Kier alpha value is -1.34. The lowest BCUT2D eigenvalue weighted by Crippen LogP contribution is -2.51. The van der Waals surface area contributed by atoms with Crippen molar-refractivity contribution in [3.8, 4) is 0 Å². The number of carbonyl (C=O) groups excluding carboxylic acids is 1. The number of aryl methyl sites for hydroxylation is 1. The summed E-state index contributed by atoms with van der Waals surface area (Å²) >= 11 is 0. The second-order valence-electron chi connectivity index (χ2n) is 8.29. The van der Waals surface area contributed by atoms with E-state index in [1.807, 2.05) is 6.07 Å². The normalized spacial score (nSPS) is 18.8. The Labute approximate surface area is 192 Å². The zero-order valence-corrected chi connectivity index (χ0v) is 19.8. The molecule has 0 atom stereocenters. The van der Waals surface area contributed by atoms with Crippen LogP contribution >= 0.6 is 24.8 Å². The summed E-state index contributed by atoms with van der Waals surface area (Å²) in [5, 5.41) is 0. The molecule has 168 valence electrons. The van der Waals surface area contributed by atoms with Crippen molar-refractivity contribution in [3.05, 3.63) is 30.1 Å². The van der Waals surface area contributed by atoms with Crippen molar-refractivity contribution in [2.24, 2.45) is 13.0 Å². The number of carbonyl (C=O) groups is 1. The van der Waals surface area contributed by atoms with E-state index in [9.17, 15) is 4.79 Å². The summed E-state index contributed by atoms with van der Waals surface area (Å²) in [7, 11) is 2.10. The Morgan fingerprint density at radius 3 is 2.30 bits per heavy atom. The van der Waals surface area contributed by atoms with E-state index in [1.54, 1.807) is 0 Å². The molecule has 6 nitrogen and oxygen atoms in total. The van der Waals surface area contributed by atoms with Crippen LogP contribution in [0.15, 0.2) is 24.3 Å². The number of piperidine rings is 1. The smallest absolute Gasteiger partial charge is 0.225 e. The number of hydrogen-bond donors (Lipinski definition) is 0. The van der Waals surface area contributed by atoms with Crippen LogP contribution in [0.3, 0.4) is 0 Å². The number of para-hydroxylation sites is 2. The fraction of sp³-hybridized carbons (Fsp3) is 0.636. The average molecular weight is 456 g/mol. The number of piperazine rings is 1. The number of fused-ring (bicyclic) bond motifs is 1. The fourth-order valence-electron chi connectivity index (χ4n) is 4.64. The standard InChI is InChI=1S/C22H33N5O.2ClH/c1-3-10-25-13-15-27(16-14-25)22(28)18-8-11-26(12-9-18)17-21-23-19-6-4-5-7-20(19)24(21)2;;/h4-7,18H,3,8-17H2,1-2H3;2*1H. The second kappa shape index (κ2) is 11.3. The van der Waals surface area contributed by atoms with E-state index < -0.39 is 0 Å². The lowest BCUT2D eigenvalue weighted by molar-refractivity contribution is -0.138. The van der Waals surface area contributed by atoms with Crippen molar-refractivity contribution >= 4 is 41.8 Å². The molecule has 0 unspecified atom stereocenters. The van der Waals surface area contributed by atoms with E-state index in [0.29, 0.717) is 5.91 Å². The van der Waals surface area contributed by atoms with Gasteiger partial charge in [-0.15, -0.1) is 24.8 Å². The highest BCUT2D eigenvalue weighted by Crippen LogP contribution is 2.23. The second-order valence-corrected chi connectivity index (χ2v) is 8.29. The first-order chi connectivity index (χ1) is 13.7. The highest BCUT2D eigenvalue weighted by Gasteiger charge is 2.30. The molecular weight excluding hydrogens is 421 g/mol. The number of amides is 1. The Morgan fingerprint density at radius 2 is 1.67 bits per heavy atom. The summed E-state index contributed by atoms with van der Waals surface area (Å²) in [6, 6.07) is 8.30. The minimum absolute atomic E-state index is 0. The molecule has 2 aliphatic rings. The van der Waals surface area contributed by atoms with Crippen LogP contribution in [0, 0.1) is 5.92 Å². The number of hydrogen-bond acceptors (Lipinski definition) is 4. The van der Waals surface area contributed by atoms with Gasteiger partial charge in [0.1, 0.15) is 5.82 Å². The van der Waals surface area contributed by atoms with Crippen LogP contribution in [0.4, 0.5) is 0 Å². The molecule has 1 amide bonds. The van der Waals surface area contributed by atoms with E-state index in [-0.39, 0.29) is 30.7 Å². The number of imidazole rings is 1. The van der Waals surface area contributed by atoms with Crippen molar-refractivity contribution in [1.29, 1.82) is 0 Å². The summed E-state index contributed by atoms with van der Waals surface area (Å²) in [5.41, 5.74) is 2.25. The van der Waals surface area contributed by atoms with Gasteiger partial charge in [0, 0.05) is 39.1 Å². The molecule has 1 aromatic carbocycles. The van der Waals surface area contributed by atoms with Crippen LogP contribution in [0.5, 0.6) is 0 Å². The average Bonchev–Trinajstić information content (AvgIpc) is 3.04. The molecular formula is C22H35Cl2N5O. The van der Waals surface area contributed by atoms with Gasteiger partial charge in [0.2, 0.25) is 5.91 Å². The van der Waals surface area contributed by atoms with Crippen molar-refractivity contribution in [2.45, 2.75) is 32.7 Å². The van der Waals surface area contributed by atoms with Gasteiger partial charge in [-0.05, 0) is 51.0 Å². The van der Waals surface area contributed by atoms with Gasteiger partial charge in [-0.1, -0.05) is 19.1 Å². The minimum Gasteiger partial charge on any atom is -0.340 e. The molecule has 30 heavy (non-hydrogen) atoms. The fourth-order valence-corrected chi connectivity index (χ4v) is 4.64. The van der Waals surface area contributed by atoms with Gasteiger partial charge in [0.15, 0.2) is 0 Å². The minimum atomic E-state index is 0. The number of rotatable bonds is 5. The Morgan fingerprint density at radius 1 is 1.00 bits per heavy atom. The molecule has 0 radical (unpaired) electrons. The quantitative estimate of drug-likeness (QED) is 0.694. The summed E-state index contributed by atoms with van der Waals surface area (Å²) in [5.74, 6) is 1.70. The van der Waals surface area contributed by atoms with E-state index in [1.165, 1.54) is 11.9 Å². The zero-order chi connectivity index (χ0) is 19.5. The SMILES string of the molecule is CCCN1CCN(C(=O)C2CCN(Cc3nc4ccccc4n3C)CC2)CC1.Cl.Cl. The largest absolute Gasteiger partial charge is 0.340 e. The maximum atomic E-state index is 12.9. The third kappa shape index (κ3) is 5.47. The number of halogens is 2. The molecule has 0 aliphatic carbocycles. The van der Waals surface area contributed by atoms with Gasteiger partial charge in [0.05, 0.1) is 17.6 Å². The maximum Gasteiger partial charge on any atom is 0.225 e. The molecule has 2 saturated heterocycles. The van der Waals surface area contributed by atoms with Crippen molar-refractivity contribution < 1.29 is 4.79 Å². The highest BCUT2D eigenvalue weighted by molar-refractivity contribution is 5.85. The van der Waals surface area contributed by atoms with Crippen molar-refractivity contribution in [1.82, 2.24) is 24.3 Å². The monoisotopic (exact) mass is 455 g/mol. The van der Waals surface area contributed by atoms with E-state index in [2.05, 4.69) is 51.4 Å². The third-order valence-corrected chi connectivity index (χ3v) is 6.41. The molecule has 0 spiro atoms. The predicted molar refractivity (Wildman–Crippen MR) is 127 cm³/mol. The van der Waals surface area contributed by atoms with Crippen LogP contribution in [0.2, 0.25) is 0 Å². The summed E-state index contributed by atoms with van der Waals surface area (Å²) < 4.78 is 2.20. The molecule has 3 heterocycles. The van der Waals surface area contributed by atoms with Crippen molar-refractivity contribution in [3.63, 3.8) is 0 Å². The number of nitrogens with zero attached hydrogens (tertiary/aromatic N) is 5. The maximum absolute atomic E-state index is 12.9. The van der Waals surface area contributed by atoms with Crippen LogP contribution < -0.4 is 0 Å². The van der Waals surface area contributed by atoms with Crippen LogP contribution in [0.25, 0.3) is 11.0 Å².